The largest absolute Gasteiger partial charge is 0.493 e. The SMILES string of the molecule is CCC[C@H]1Oc2ccccc2[C@H]2CC(c3ccc(OC)c(OC)c3)=NN21. The molecule has 2 aliphatic heterocycles. The minimum atomic E-state index is -0.0162. The van der Waals surface area contributed by atoms with Crippen molar-refractivity contribution < 1.29 is 14.2 Å². The number of methoxy groups -OCH3 is 2. The molecule has 5 heteroatoms. The third kappa shape index (κ3) is 2.77. The summed E-state index contributed by atoms with van der Waals surface area (Å²) in [4.78, 5) is 0. The van der Waals surface area contributed by atoms with Gasteiger partial charge in [-0.1, -0.05) is 31.5 Å². The van der Waals surface area contributed by atoms with Crippen LogP contribution in [0.4, 0.5) is 0 Å². The molecular weight excluding hydrogens is 328 g/mol. The smallest absolute Gasteiger partial charge is 0.187 e. The Hall–Kier alpha value is -2.69. The molecule has 0 bridgehead atoms. The standard InChI is InChI=1S/C21H24N2O3/c1-4-7-21-23-17(15-8-5-6-9-18(15)26-21)13-16(22-23)14-10-11-19(24-2)20(12-14)25-3/h5-6,8-12,17,21H,4,7,13H2,1-3H3/t17-,21-/m1/s1. The van der Waals surface area contributed by atoms with Crippen LogP contribution in [0.1, 0.15) is 43.4 Å². The molecule has 0 fully saturated rings. The normalized spacial score (nSPS) is 20.7. The number of fused-ring (bicyclic) bond motifs is 3. The van der Waals surface area contributed by atoms with Crippen molar-refractivity contribution in [3.8, 4) is 17.2 Å². The molecule has 2 atom stereocenters. The number of rotatable bonds is 5. The zero-order valence-electron chi connectivity index (χ0n) is 15.4. The first-order valence-electron chi connectivity index (χ1n) is 9.09. The van der Waals surface area contributed by atoms with E-state index < -0.39 is 0 Å². The Kier molecular flexibility index (Phi) is 4.45. The fraction of sp³-hybridized carbons (Fsp3) is 0.381. The summed E-state index contributed by atoms with van der Waals surface area (Å²) in [5.74, 6) is 2.43. The van der Waals surface area contributed by atoms with E-state index >= 15 is 0 Å². The average molecular weight is 352 g/mol. The summed E-state index contributed by atoms with van der Waals surface area (Å²) in [5, 5.41) is 7.08. The quantitative estimate of drug-likeness (QED) is 0.801. The van der Waals surface area contributed by atoms with Crippen molar-refractivity contribution in [1.82, 2.24) is 5.01 Å². The van der Waals surface area contributed by atoms with Crippen molar-refractivity contribution in [3.63, 3.8) is 0 Å². The molecule has 5 nitrogen and oxygen atoms in total. The van der Waals surface area contributed by atoms with E-state index in [0.29, 0.717) is 0 Å². The fourth-order valence-electron chi connectivity index (χ4n) is 3.74. The summed E-state index contributed by atoms with van der Waals surface area (Å²) in [5.41, 5.74) is 3.32. The zero-order valence-corrected chi connectivity index (χ0v) is 15.4. The van der Waals surface area contributed by atoms with Crippen molar-refractivity contribution in [2.75, 3.05) is 14.2 Å². The molecule has 0 spiro atoms. The van der Waals surface area contributed by atoms with E-state index in [2.05, 4.69) is 30.1 Å². The van der Waals surface area contributed by atoms with Gasteiger partial charge in [-0.05, 0) is 24.3 Å². The van der Waals surface area contributed by atoms with Gasteiger partial charge in [-0.15, -0.1) is 0 Å². The number of hydrazone groups is 1. The molecule has 0 amide bonds. The van der Waals surface area contributed by atoms with Crippen LogP contribution in [0, 0.1) is 0 Å². The molecule has 0 aromatic heterocycles. The fourth-order valence-corrected chi connectivity index (χ4v) is 3.74. The Morgan fingerprint density at radius 3 is 2.69 bits per heavy atom. The summed E-state index contributed by atoms with van der Waals surface area (Å²) < 4.78 is 17.0. The second kappa shape index (κ2) is 6.90. The van der Waals surface area contributed by atoms with Gasteiger partial charge in [0.1, 0.15) is 5.75 Å². The molecular formula is C21H24N2O3. The maximum absolute atomic E-state index is 6.23. The molecule has 0 aliphatic carbocycles. The van der Waals surface area contributed by atoms with Crippen LogP contribution in [-0.4, -0.2) is 31.2 Å². The number of hydrogen-bond donors (Lipinski definition) is 0. The van der Waals surface area contributed by atoms with Gasteiger partial charge in [-0.2, -0.15) is 5.10 Å². The molecule has 0 N–H and O–H groups in total. The van der Waals surface area contributed by atoms with Gasteiger partial charge in [-0.25, -0.2) is 0 Å². The second-order valence-electron chi connectivity index (χ2n) is 6.62. The maximum atomic E-state index is 6.23. The first-order valence-corrected chi connectivity index (χ1v) is 9.09. The first-order chi connectivity index (χ1) is 12.7. The Morgan fingerprint density at radius 2 is 1.92 bits per heavy atom. The van der Waals surface area contributed by atoms with Gasteiger partial charge in [0, 0.05) is 24.0 Å². The van der Waals surface area contributed by atoms with Crippen LogP contribution in [0.3, 0.4) is 0 Å². The minimum Gasteiger partial charge on any atom is -0.493 e. The van der Waals surface area contributed by atoms with Crippen molar-refractivity contribution in [2.45, 2.75) is 38.5 Å². The van der Waals surface area contributed by atoms with Gasteiger partial charge in [0.15, 0.2) is 17.7 Å². The summed E-state index contributed by atoms with van der Waals surface area (Å²) >= 11 is 0. The zero-order chi connectivity index (χ0) is 18.1. The van der Waals surface area contributed by atoms with Gasteiger partial charge in [-0.3, -0.25) is 5.01 Å². The third-order valence-corrected chi connectivity index (χ3v) is 5.03. The van der Waals surface area contributed by atoms with E-state index in [4.69, 9.17) is 19.3 Å². The monoisotopic (exact) mass is 352 g/mol. The highest BCUT2D eigenvalue weighted by atomic mass is 16.5. The van der Waals surface area contributed by atoms with Crippen LogP contribution in [-0.2, 0) is 0 Å². The topological polar surface area (TPSA) is 43.3 Å². The van der Waals surface area contributed by atoms with Gasteiger partial charge < -0.3 is 14.2 Å². The highest BCUT2D eigenvalue weighted by molar-refractivity contribution is 6.02. The van der Waals surface area contributed by atoms with Gasteiger partial charge in [0.2, 0.25) is 0 Å². The number of nitrogens with zero attached hydrogens (tertiary/aromatic N) is 2. The lowest BCUT2D eigenvalue weighted by Crippen LogP contribution is -2.40. The van der Waals surface area contributed by atoms with E-state index in [1.54, 1.807) is 14.2 Å². The highest BCUT2D eigenvalue weighted by Gasteiger charge is 2.39. The summed E-state index contributed by atoms with van der Waals surface area (Å²) in [6, 6.07) is 14.5. The average Bonchev–Trinajstić information content (AvgIpc) is 3.13. The number of ether oxygens (including phenoxy) is 3. The van der Waals surface area contributed by atoms with Crippen molar-refractivity contribution >= 4 is 5.71 Å². The van der Waals surface area contributed by atoms with E-state index in [-0.39, 0.29) is 12.3 Å². The molecule has 0 unspecified atom stereocenters. The molecule has 2 aromatic carbocycles. The molecule has 4 rings (SSSR count). The molecule has 136 valence electrons. The van der Waals surface area contributed by atoms with E-state index in [1.807, 2.05) is 24.3 Å². The van der Waals surface area contributed by atoms with Crippen molar-refractivity contribution in [3.05, 3.63) is 53.6 Å². The molecule has 0 radical (unpaired) electrons. The molecule has 2 aromatic rings. The Morgan fingerprint density at radius 1 is 1.12 bits per heavy atom. The number of hydrogen-bond acceptors (Lipinski definition) is 5. The Bertz CT molecular complexity index is 834. The Balaban J connectivity index is 1.70. The Labute approximate surface area is 154 Å². The lowest BCUT2D eigenvalue weighted by atomic mass is 9.96. The molecule has 2 heterocycles. The van der Waals surface area contributed by atoms with Crippen molar-refractivity contribution in [1.29, 1.82) is 0 Å². The number of para-hydroxylation sites is 1. The minimum absolute atomic E-state index is 0.0162. The summed E-state index contributed by atoms with van der Waals surface area (Å²) in [7, 11) is 3.30. The van der Waals surface area contributed by atoms with Crippen LogP contribution in [0.15, 0.2) is 47.6 Å². The van der Waals surface area contributed by atoms with Gasteiger partial charge in [0.25, 0.3) is 0 Å². The molecule has 2 aliphatic rings. The van der Waals surface area contributed by atoms with Crippen LogP contribution in [0.2, 0.25) is 0 Å². The molecule has 26 heavy (non-hydrogen) atoms. The summed E-state index contributed by atoms with van der Waals surface area (Å²) in [6.45, 7) is 2.17. The van der Waals surface area contributed by atoms with Crippen molar-refractivity contribution in [2.24, 2.45) is 5.10 Å². The molecule has 0 saturated carbocycles. The first kappa shape index (κ1) is 16.8. The molecule has 0 saturated heterocycles. The second-order valence-corrected chi connectivity index (χ2v) is 6.62. The lowest BCUT2D eigenvalue weighted by Gasteiger charge is -2.38. The number of benzene rings is 2. The van der Waals surface area contributed by atoms with Crippen LogP contribution in [0.5, 0.6) is 17.2 Å². The highest BCUT2D eigenvalue weighted by Crippen LogP contribution is 2.44. The van der Waals surface area contributed by atoms with E-state index in [0.717, 1.165) is 47.8 Å². The van der Waals surface area contributed by atoms with Gasteiger partial charge >= 0.3 is 0 Å². The predicted molar refractivity (Wildman–Crippen MR) is 101 cm³/mol. The van der Waals surface area contributed by atoms with Crippen LogP contribution in [0.25, 0.3) is 0 Å². The van der Waals surface area contributed by atoms with Gasteiger partial charge in [0.05, 0.1) is 26.0 Å². The van der Waals surface area contributed by atoms with Crippen LogP contribution < -0.4 is 14.2 Å². The van der Waals surface area contributed by atoms with E-state index in [9.17, 15) is 0 Å². The maximum Gasteiger partial charge on any atom is 0.187 e. The third-order valence-electron chi connectivity index (χ3n) is 5.03. The predicted octanol–water partition coefficient (Wildman–Crippen LogP) is 4.37. The van der Waals surface area contributed by atoms with Crippen LogP contribution >= 0.6 is 0 Å². The summed E-state index contributed by atoms with van der Waals surface area (Å²) in [6.07, 6.45) is 2.85. The van der Waals surface area contributed by atoms with E-state index in [1.165, 1.54) is 5.56 Å². The lowest BCUT2D eigenvalue weighted by molar-refractivity contribution is -0.0223.